The highest BCUT2D eigenvalue weighted by atomic mass is 35.5. The molecule has 0 amide bonds. The van der Waals surface area contributed by atoms with Crippen molar-refractivity contribution in [1.82, 2.24) is 4.90 Å². The number of hydrogen-bond donors (Lipinski definition) is 2. The fourth-order valence-electron chi connectivity index (χ4n) is 5.52. The maximum Gasteiger partial charge on any atom is 0.162 e. The van der Waals surface area contributed by atoms with Crippen molar-refractivity contribution in [1.29, 1.82) is 0 Å². The molecule has 5 aliphatic rings. The van der Waals surface area contributed by atoms with Gasteiger partial charge in [-0.15, -0.1) is 23.2 Å². The van der Waals surface area contributed by atoms with E-state index in [4.69, 9.17) is 27.9 Å². The van der Waals surface area contributed by atoms with Gasteiger partial charge in [-0.25, -0.2) is 0 Å². The quantitative estimate of drug-likeness (QED) is 0.517. The van der Waals surface area contributed by atoms with E-state index in [1.807, 2.05) is 6.08 Å². The lowest BCUT2D eigenvalue weighted by atomic mass is 9.52. The molecule has 0 radical (unpaired) electrons. The molecule has 2 bridgehead atoms. The first-order chi connectivity index (χ1) is 11.0. The third-order valence-corrected chi connectivity index (χ3v) is 7.66. The highest BCUT2D eigenvalue weighted by molar-refractivity contribution is 6.32. The standard InChI is InChI=1S/C17H19Cl2NO3/c1-20-5-4-17-8-2-3-10(21)16(17)23-15-11(17)7(6-9(8)20)12(18)13(19)14(15)22/h2-3,8-10,12-13,16,21-22H,4-6H2,1H3/t8-,9+,10-,12?,13?,16-,17-/m0/s1. The number of ether oxygens (including phenoxy) is 1. The van der Waals surface area contributed by atoms with E-state index in [0.29, 0.717) is 11.8 Å². The Morgan fingerprint density at radius 3 is 2.87 bits per heavy atom. The number of likely N-dealkylation sites (tertiary alicyclic amines) is 1. The minimum atomic E-state index is -0.672. The van der Waals surface area contributed by atoms with Gasteiger partial charge in [0.1, 0.15) is 17.6 Å². The number of rotatable bonds is 0. The van der Waals surface area contributed by atoms with Crippen LogP contribution >= 0.6 is 23.2 Å². The van der Waals surface area contributed by atoms with Crippen molar-refractivity contribution in [2.24, 2.45) is 11.3 Å². The predicted octanol–water partition coefficient (Wildman–Crippen LogP) is 2.32. The second-order valence-electron chi connectivity index (χ2n) is 7.40. The van der Waals surface area contributed by atoms with E-state index in [0.717, 1.165) is 30.5 Å². The van der Waals surface area contributed by atoms with Crippen molar-refractivity contribution >= 4 is 23.2 Å². The summed E-state index contributed by atoms with van der Waals surface area (Å²) in [6, 6.07) is 0.335. The third-order valence-electron chi connectivity index (χ3n) is 6.56. The summed E-state index contributed by atoms with van der Waals surface area (Å²) in [4.78, 5) is 2.38. The molecule has 2 saturated heterocycles. The number of aliphatic hydroxyl groups is 2. The fourth-order valence-corrected chi connectivity index (χ4v) is 6.09. The minimum Gasteiger partial charge on any atom is -0.507 e. The van der Waals surface area contributed by atoms with Gasteiger partial charge in [0.2, 0.25) is 0 Å². The molecule has 0 aromatic heterocycles. The number of hydrogen-bond acceptors (Lipinski definition) is 4. The SMILES string of the molecule is CN1CC[C@@]23C4=C5C[C@@H]1[C@@H]2C=C[C@H](O)[C@@H]3OC4=C(O)C(Cl)C5Cl. The summed E-state index contributed by atoms with van der Waals surface area (Å²) >= 11 is 13.0. The van der Waals surface area contributed by atoms with Crippen molar-refractivity contribution in [3.63, 3.8) is 0 Å². The van der Waals surface area contributed by atoms with Crippen LogP contribution in [0.1, 0.15) is 12.8 Å². The molecule has 5 rings (SSSR count). The van der Waals surface area contributed by atoms with Gasteiger partial charge in [0.25, 0.3) is 0 Å². The molecule has 3 aliphatic carbocycles. The number of piperidine rings is 1. The number of aliphatic hydroxyl groups excluding tert-OH is 2. The molecule has 4 nitrogen and oxygen atoms in total. The maximum atomic E-state index is 10.5. The van der Waals surface area contributed by atoms with Crippen LogP contribution in [0.15, 0.2) is 34.8 Å². The van der Waals surface area contributed by atoms with Crippen molar-refractivity contribution in [3.8, 4) is 0 Å². The van der Waals surface area contributed by atoms with Gasteiger partial charge >= 0.3 is 0 Å². The maximum absolute atomic E-state index is 10.5. The normalized spacial score (nSPS) is 51.0. The van der Waals surface area contributed by atoms with Crippen molar-refractivity contribution in [2.75, 3.05) is 13.6 Å². The first-order valence-corrected chi connectivity index (χ1v) is 9.02. The van der Waals surface area contributed by atoms with Crippen LogP contribution in [0.4, 0.5) is 0 Å². The Hall–Kier alpha value is -0.680. The lowest BCUT2D eigenvalue weighted by Gasteiger charge is -2.57. The molecule has 124 valence electrons. The summed E-state index contributed by atoms with van der Waals surface area (Å²) in [5.41, 5.74) is 1.85. The monoisotopic (exact) mass is 355 g/mol. The highest BCUT2D eigenvalue weighted by Gasteiger charge is 2.67. The lowest BCUT2D eigenvalue weighted by Crippen LogP contribution is -2.62. The predicted molar refractivity (Wildman–Crippen MR) is 87.6 cm³/mol. The summed E-state index contributed by atoms with van der Waals surface area (Å²) in [5.74, 6) is 0.782. The highest BCUT2D eigenvalue weighted by Crippen LogP contribution is 2.66. The first-order valence-electron chi connectivity index (χ1n) is 8.15. The average molecular weight is 356 g/mol. The van der Waals surface area contributed by atoms with Crippen LogP contribution in [0.25, 0.3) is 0 Å². The van der Waals surface area contributed by atoms with Gasteiger partial charge in [-0.05, 0) is 32.0 Å². The minimum absolute atomic E-state index is 0.0255. The third kappa shape index (κ3) is 1.52. The summed E-state index contributed by atoms with van der Waals surface area (Å²) < 4.78 is 6.11. The smallest absolute Gasteiger partial charge is 0.162 e. The second kappa shape index (κ2) is 4.48. The van der Waals surface area contributed by atoms with Crippen LogP contribution in [-0.4, -0.2) is 57.7 Å². The van der Waals surface area contributed by atoms with E-state index in [-0.39, 0.29) is 23.2 Å². The lowest BCUT2D eigenvalue weighted by molar-refractivity contribution is -0.0797. The summed E-state index contributed by atoms with van der Waals surface area (Å²) in [7, 11) is 2.14. The Morgan fingerprint density at radius 2 is 2.09 bits per heavy atom. The van der Waals surface area contributed by atoms with Gasteiger partial charge in [-0.2, -0.15) is 0 Å². The van der Waals surface area contributed by atoms with Gasteiger partial charge in [0.05, 0.1) is 5.38 Å². The molecule has 7 atom stereocenters. The van der Waals surface area contributed by atoms with Crippen LogP contribution in [0.2, 0.25) is 0 Å². The molecule has 2 unspecified atom stereocenters. The molecule has 2 aliphatic heterocycles. The molecule has 0 aromatic carbocycles. The Labute approximate surface area is 145 Å². The van der Waals surface area contributed by atoms with Gasteiger partial charge in [-0.1, -0.05) is 12.2 Å². The topological polar surface area (TPSA) is 52.9 Å². The van der Waals surface area contributed by atoms with Gasteiger partial charge in [0.15, 0.2) is 11.5 Å². The summed E-state index contributed by atoms with van der Waals surface area (Å²) in [5, 5.41) is 19.9. The first kappa shape index (κ1) is 14.6. The molecule has 23 heavy (non-hydrogen) atoms. The molecule has 0 aromatic rings. The van der Waals surface area contributed by atoms with Gasteiger partial charge in [-0.3, -0.25) is 0 Å². The molecule has 2 N–H and O–H groups in total. The van der Waals surface area contributed by atoms with Crippen molar-refractivity contribution in [2.45, 2.75) is 41.8 Å². The van der Waals surface area contributed by atoms with Crippen LogP contribution < -0.4 is 0 Å². The summed E-state index contributed by atoms with van der Waals surface area (Å²) in [6.07, 6.45) is 4.69. The molecular weight excluding hydrogens is 337 g/mol. The van der Waals surface area contributed by atoms with Crippen molar-refractivity contribution in [3.05, 3.63) is 34.8 Å². The largest absolute Gasteiger partial charge is 0.507 e. The Morgan fingerprint density at radius 1 is 1.30 bits per heavy atom. The molecule has 1 spiro atoms. The van der Waals surface area contributed by atoms with E-state index in [1.165, 1.54) is 0 Å². The van der Waals surface area contributed by atoms with Crippen LogP contribution in [0.5, 0.6) is 0 Å². The molecule has 0 saturated carbocycles. The van der Waals surface area contributed by atoms with Crippen LogP contribution in [0, 0.1) is 11.3 Å². The van der Waals surface area contributed by atoms with Crippen LogP contribution in [-0.2, 0) is 4.74 Å². The van der Waals surface area contributed by atoms with E-state index < -0.39 is 16.9 Å². The van der Waals surface area contributed by atoms with Crippen LogP contribution in [0.3, 0.4) is 0 Å². The zero-order chi connectivity index (χ0) is 16.1. The van der Waals surface area contributed by atoms with Crippen molar-refractivity contribution < 1.29 is 14.9 Å². The molecule has 2 fully saturated rings. The number of halogens is 2. The Kier molecular flexibility index (Phi) is 2.85. The molecule has 2 heterocycles. The number of allylic oxidation sites excluding steroid dienone is 2. The van der Waals surface area contributed by atoms with Gasteiger partial charge in [0, 0.05) is 22.9 Å². The Balaban J connectivity index is 1.82. The average Bonchev–Trinajstić information content (AvgIpc) is 2.88. The second-order valence-corrected chi connectivity index (χ2v) is 8.34. The Bertz CT molecular complexity index is 687. The molecule has 6 heteroatoms. The van der Waals surface area contributed by atoms with E-state index in [1.54, 1.807) is 0 Å². The fraction of sp³-hybridized carbons (Fsp3) is 0.647. The number of alkyl halides is 2. The van der Waals surface area contributed by atoms with E-state index in [2.05, 4.69) is 18.0 Å². The van der Waals surface area contributed by atoms with E-state index in [9.17, 15) is 10.2 Å². The van der Waals surface area contributed by atoms with E-state index >= 15 is 0 Å². The molecular formula is C17H19Cl2NO3. The van der Waals surface area contributed by atoms with Gasteiger partial charge < -0.3 is 19.8 Å². The number of nitrogens with zero attached hydrogens (tertiary/aromatic N) is 1. The zero-order valence-electron chi connectivity index (χ0n) is 12.7. The summed E-state index contributed by atoms with van der Waals surface area (Å²) in [6.45, 7) is 0.948. The zero-order valence-corrected chi connectivity index (χ0v) is 14.3.